The van der Waals surface area contributed by atoms with Crippen molar-refractivity contribution < 1.29 is 0 Å². The highest BCUT2D eigenvalue weighted by Gasteiger charge is 2.36. The monoisotopic (exact) mass is 266 g/mol. The smallest absolute Gasteiger partial charge is 0.0106 e. The van der Waals surface area contributed by atoms with E-state index in [2.05, 4.69) is 26.0 Å². The minimum absolute atomic E-state index is 0.670. The Hall–Kier alpha value is -0.340. The zero-order valence-electron chi connectivity index (χ0n) is 13.0. The van der Waals surface area contributed by atoms with Crippen molar-refractivity contribution in [2.24, 2.45) is 35.1 Å². The van der Waals surface area contributed by atoms with Crippen molar-refractivity contribution in [1.82, 2.24) is 0 Å². The number of hydrogen-bond donors (Lipinski definition) is 2. The highest BCUT2D eigenvalue weighted by atomic mass is 14.5. The minimum Gasteiger partial charge on any atom is -0.330 e. The van der Waals surface area contributed by atoms with Crippen molar-refractivity contribution in [3.8, 4) is 0 Å². The van der Waals surface area contributed by atoms with Crippen LogP contribution in [0.4, 0.5) is 0 Å². The molecule has 1 rings (SSSR count). The van der Waals surface area contributed by atoms with Crippen LogP contribution in [-0.4, -0.2) is 13.1 Å². The van der Waals surface area contributed by atoms with Crippen LogP contribution in [-0.2, 0) is 0 Å². The summed E-state index contributed by atoms with van der Waals surface area (Å²) in [5.41, 5.74) is 11.5. The van der Waals surface area contributed by atoms with E-state index in [0.717, 1.165) is 30.2 Å². The maximum atomic E-state index is 5.81. The van der Waals surface area contributed by atoms with Crippen molar-refractivity contribution in [2.75, 3.05) is 13.1 Å². The molecule has 2 nitrogen and oxygen atoms in total. The average Bonchev–Trinajstić information content (AvgIpc) is 2.41. The molecule has 4 unspecified atom stereocenters. The zero-order chi connectivity index (χ0) is 14.1. The molecule has 4 N–H and O–H groups in total. The van der Waals surface area contributed by atoms with Gasteiger partial charge in [-0.2, -0.15) is 0 Å². The fourth-order valence-corrected chi connectivity index (χ4v) is 4.08. The Morgan fingerprint density at radius 3 is 2.21 bits per heavy atom. The van der Waals surface area contributed by atoms with Gasteiger partial charge in [0.25, 0.3) is 0 Å². The average molecular weight is 266 g/mol. The third-order valence-electron chi connectivity index (χ3n) is 4.87. The minimum atomic E-state index is 0.670. The van der Waals surface area contributed by atoms with Crippen LogP contribution in [0.2, 0.25) is 0 Å². The maximum absolute atomic E-state index is 5.81. The number of rotatable bonds is 8. The van der Waals surface area contributed by atoms with Crippen molar-refractivity contribution in [1.29, 1.82) is 0 Å². The van der Waals surface area contributed by atoms with Gasteiger partial charge in [0.1, 0.15) is 0 Å². The highest BCUT2D eigenvalue weighted by molar-refractivity contribution is 4.99. The van der Waals surface area contributed by atoms with Crippen LogP contribution < -0.4 is 11.5 Å². The van der Waals surface area contributed by atoms with Gasteiger partial charge >= 0.3 is 0 Å². The Labute approximate surface area is 120 Å². The third kappa shape index (κ3) is 4.92. The predicted molar refractivity (Wildman–Crippen MR) is 84.9 cm³/mol. The lowest BCUT2D eigenvalue weighted by atomic mass is 9.63. The van der Waals surface area contributed by atoms with E-state index < -0.39 is 0 Å². The van der Waals surface area contributed by atoms with Gasteiger partial charge in [-0.1, -0.05) is 45.3 Å². The van der Waals surface area contributed by atoms with E-state index in [0.29, 0.717) is 6.54 Å². The first-order valence-electron chi connectivity index (χ1n) is 8.35. The molecule has 1 aliphatic carbocycles. The van der Waals surface area contributed by atoms with Gasteiger partial charge in [-0.3, -0.25) is 0 Å². The molecule has 0 bridgehead atoms. The standard InChI is InChI=1S/C17H34N2/c1-3-6-14-9-10-15(11-13-19)17(8-5-12-18)16(14)7-4-2/h5,8,14-17H,3-4,6-7,9-13,18-19H2,1-2H3. The van der Waals surface area contributed by atoms with Crippen LogP contribution in [0.25, 0.3) is 0 Å². The lowest BCUT2D eigenvalue weighted by molar-refractivity contribution is 0.102. The van der Waals surface area contributed by atoms with Crippen LogP contribution in [0.1, 0.15) is 58.8 Å². The van der Waals surface area contributed by atoms with Gasteiger partial charge in [0.05, 0.1) is 0 Å². The van der Waals surface area contributed by atoms with E-state index in [-0.39, 0.29) is 0 Å². The van der Waals surface area contributed by atoms with Crippen molar-refractivity contribution >= 4 is 0 Å². The molecule has 0 aromatic heterocycles. The maximum Gasteiger partial charge on any atom is 0.0106 e. The molecule has 19 heavy (non-hydrogen) atoms. The fourth-order valence-electron chi connectivity index (χ4n) is 4.08. The molecule has 0 spiro atoms. The lowest BCUT2D eigenvalue weighted by Crippen LogP contribution is -2.35. The number of allylic oxidation sites excluding steroid dienone is 1. The summed E-state index contributed by atoms with van der Waals surface area (Å²) < 4.78 is 0. The van der Waals surface area contributed by atoms with Crippen LogP contribution in [0.3, 0.4) is 0 Å². The normalized spacial score (nSPS) is 32.0. The molecule has 0 radical (unpaired) electrons. The summed E-state index contributed by atoms with van der Waals surface area (Å²) in [6.07, 6.45) is 13.9. The third-order valence-corrected chi connectivity index (χ3v) is 4.87. The Morgan fingerprint density at radius 1 is 0.947 bits per heavy atom. The molecule has 0 aromatic carbocycles. The Morgan fingerprint density at radius 2 is 1.63 bits per heavy atom. The predicted octanol–water partition coefficient (Wildman–Crippen LogP) is 3.71. The molecule has 2 heteroatoms. The van der Waals surface area contributed by atoms with Crippen molar-refractivity contribution in [2.45, 2.75) is 58.8 Å². The van der Waals surface area contributed by atoms with E-state index in [9.17, 15) is 0 Å². The second-order valence-corrected chi connectivity index (χ2v) is 6.16. The van der Waals surface area contributed by atoms with Crippen LogP contribution in [0, 0.1) is 23.7 Å². The van der Waals surface area contributed by atoms with E-state index >= 15 is 0 Å². The molecule has 1 aliphatic rings. The van der Waals surface area contributed by atoms with Crippen LogP contribution in [0.5, 0.6) is 0 Å². The van der Waals surface area contributed by atoms with Gasteiger partial charge in [0.15, 0.2) is 0 Å². The molecular formula is C17H34N2. The topological polar surface area (TPSA) is 52.0 Å². The van der Waals surface area contributed by atoms with Gasteiger partial charge < -0.3 is 11.5 Å². The van der Waals surface area contributed by atoms with Gasteiger partial charge in [0.2, 0.25) is 0 Å². The molecule has 0 aromatic rings. The first-order valence-corrected chi connectivity index (χ1v) is 8.35. The Balaban J connectivity index is 2.82. The first-order chi connectivity index (χ1) is 9.28. The molecule has 0 aliphatic heterocycles. The molecule has 0 amide bonds. The fraction of sp³-hybridized carbons (Fsp3) is 0.882. The van der Waals surface area contributed by atoms with Crippen molar-refractivity contribution in [3.63, 3.8) is 0 Å². The van der Waals surface area contributed by atoms with E-state index in [1.165, 1.54) is 44.9 Å². The van der Waals surface area contributed by atoms with Crippen LogP contribution in [0.15, 0.2) is 12.2 Å². The summed E-state index contributed by atoms with van der Waals surface area (Å²) in [5.74, 6) is 3.29. The summed E-state index contributed by atoms with van der Waals surface area (Å²) in [5, 5.41) is 0. The Bertz CT molecular complexity index is 250. The molecule has 0 heterocycles. The Kier molecular flexibility index (Phi) is 8.40. The van der Waals surface area contributed by atoms with E-state index in [4.69, 9.17) is 11.5 Å². The SMILES string of the molecule is CCCC1CCC(CCN)C(C=CCN)C1CCC. The molecule has 1 saturated carbocycles. The molecule has 4 atom stereocenters. The first kappa shape index (κ1) is 16.7. The second-order valence-electron chi connectivity index (χ2n) is 6.16. The van der Waals surface area contributed by atoms with E-state index in [1.807, 2.05) is 0 Å². The van der Waals surface area contributed by atoms with Gasteiger partial charge in [0, 0.05) is 6.54 Å². The second kappa shape index (κ2) is 9.55. The van der Waals surface area contributed by atoms with Gasteiger partial charge in [-0.15, -0.1) is 0 Å². The summed E-state index contributed by atoms with van der Waals surface area (Å²) in [6, 6.07) is 0. The quantitative estimate of drug-likeness (QED) is 0.658. The summed E-state index contributed by atoms with van der Waals surface area (Å²) in [6.45, 7) is 6.14. The van der Waals surface area contributed by atoms with Gasteiger partial charge in [-0.05, 0) is 55.9 Å². The molecular weight excluding hydrogens is 232 g/mol. The largest absolute Gasteiger partial charge is 0.330 e. The van der Waals surface area contributed by atoms with Crippen LogP contribution >= 0.6 is 0 Å². The molecule has 1 fully saturated rings. The lowest BCUT2D eigenvalue weighted by Gasteiger charge is -2.42. The summed E-state index contributed by atoms with van der Waals surface area (Å²) in [7, 11) is 0. The summed E-state index contributed by atoms with van der Waals surface area (Å²) >= 11 is 0. The number of nitrogens with two attached hydrogens (primary N) is 2. The zero-order valence-corrected chi connectivity index (χ0v) is 13.0. The molecule has 0 saturated heterocycles. The number of hydrogen-bond acceptors (Lipinski definition) is 2. The van der Waals surface area contributed by atoms with Crippen molar-refractivity contribution in [3.05, 3.63) is 12.2 Å². The van der Waals surface area contributed by atoms with Gasteiger partial charge in [-0.25, -0.2) is 0 Å². The molecule has 112 valence electrons. The van der Waals surface area contributed by atoms with E-state index in [1.54, 1.807) is 0 Å². The summed E-state index contributed by atoms with van der Waals surface area (Å²) in [4.78, 5) is 0. The highest BCUT2D eigenvalue weighted by Crippen LogP contribution is 2.45.